The van der Waals surface area contributed by atoms with E-state index in [2.05, 4.69) is 6.08 Å². The third-order valence-electron chi connectivity index (χ3n) is 2.67. The van der Waals surface area contributed by atoms with E-state index in [9.17, 15) is 0 Å². The van der Waals surface area contributed by atoms with E-state index in [1.807, 2.05) is 0 Å². The minimum atomic E-state index is 0.759. The van der Waals surface area contributed by atoms with Gasteiger partial charge in [0.1, 0.15) is 0 Å². The molecule has 0 heterocycles. The average molecular weight is 123 g/mol. The maximum absolute atomic E-state index is 5.78. The molecule has 2 N–H and O–H groups in total. The van der Waals surface area contributed by atoms with E-state index in [-0.39, 0.29) is 0 Å². The van der Waals surface area contributed by atoms with Gasteiger partial charge in [0.05, 0.1) is 0 Å². The number of hydrogen-bond donors (Lipinski definition) is 1. The molecule has 2 bridgehead atoms. The fourth-order valence-corrected chi connectivity index (χ4v) is 2.03. The van der Waals surface area contributed by atoms with Crippen LogP contribution >= 0.6 is 0 Å². The van der Waals surface area contributed by atoms with Crippen LogP contribution in [0.15, 0.2) is 11.8 Å². The molecule has 0 atom stereocenters. The Bertz CT molecular complexity index is 141. The van der Waals surface area contributed by atoms with Crippen molar-refractivity contribution in [3.8, 4) is 0 Å². The predicted octanol–water partition coefficient (Wildman–Crippen LogP) is 1.65. The van der Waals surface area contributed by atoms with Crippen LogP contribution in [0.2, 0.25) is 0 Å². The molecule has 0 amide bonds. The van der Waals surface area contributed by atoms with Gasteiger partial charge in [-0.3, -0.25) is 0 Å². The first kappa shape index (κ1) is 5.33. The molecule has 0 radical (unpaired) electrons. The summed E-state index contributed by atoms with van der Waals surface area (Å²) < 4.78 is 0. The summed E-state index contributed by atoms with van der Waals surface area (Å²) in [5.74, 6) is 1.60. The Morgan fingerprint density at radius 3 is 2.11 bits per heavy atom. The van der Waals surface area contributed by atoms with Crippen LogP contribution in [0.1, 0.15) is 25.7 Å². The van der Waals surface area contributed by atoms with Crippen molar-refractivity contribution in [2.45, 2.75) is 25.7 Å². The number of nitrogens with two attached hydrogens (primary N) is 1. The second-order valence-electron chi connectivity index (χ2n) is 3.28. The molecule has 0 aromatic carbocycles. The summed E-state index contributed by atoms with van der Waals surface area (Å²) in [6.07, 6.45) is 7.77. The van der Waals surface area contributed by atoms with Crippen molar-refractivity contribution in [1.82, 2.24) is 0 Å². The van der Waals surface area contributed by atoms with Crippen LogP contribution in [-0.4, -0.2) is 0 Å². The summed E-state index contributed by atoms with van der Waals surface area (Å²) in [7, 11) is 0. The van der Waals surface area contributed by atoms with Crippen LogP contribution in [0.3, 0.4) is 0 Å². The van der Waals surface area contributed by atoms with Gasteiger partial charge in [-0.15, -0.1) is 0 Å². The van der Waals surface area contributed by atoms with E-state index >= 15 is 0 Å². The second-order valence-corrected chi connectivity index (χ2v) is 3.28. The SMILES string of the molecule is NC1=CC2CCC1CC2. The van der Waals surface area contributed by atoms with Crippen LogP contribution in [0.5, 0.6) is 0 Å². The quantitative estimate of drug-likeness (QED) is 0.520. The maximum Gasteiger partial charge on any atom is 0.00743 e. The summed E-state index contributed by atoms with van der Waals surface area (Å²) in [6.45, 7) is 0. The van der Waals surface area contributed by atoms with E-state index in [1.165, 1.54) is 31.4 Å². The van der Waals surface area contributed by atoms with Gasteiger partial charge in [-0.05, 0) is 37.5 Å². The number of allylic oxidation sites excluding steroid dienone is 2. The predicted molar refractivity (Wildman–Crippen MR) is 37.7 cm³/mol. The van der Waals surface area contributed by atoms with Gasteiger partial charge in [-0.1, -0.05) is 6.08 Å². The molecule has 3 aliphatic carbocycles. The van der Waals surface area contributed by atoms with Crippen LogP contribution in [0, 0.1) is 11.8 Å². The lowest BCUT2D eigenvalue weighted by Gasteiger charge is -2.33. The molecule has 3 aliphatic rings. The Kier molecular flexibility index (Phi) is 1.04. The van der Waals surface area contributed by atoms with Crippen LogP contribution < -0.4 is 5.73 Å². The highest BCUT2D eigenvalue weighted by molar-refractivity contribution is 5.12. The molecule has 0 spiro atoms. The molecule has 0 aliphatic heterocycles. The van der Waals surface area contributed by atoms with E-state index in [0.717, 1.165) is 11.8 Å². The highest BCUT2D eigenvalue weighted by Crippen LogP contribution is 2.38. The molecule has 1 nitrogen and oxygen atoms in total. The maximum atomic E-state index is 5.78. The van der Waals surface area contributed by atoms with E-state index < -0.39 is 0 Å². The largest absolute Gasteiger partial charge is 0.402 e. The third kappa shape index (κ3) is 0.752. The Balaban J connectivity index is 2.25. The topological polar surface area (TPSA) is 26.0 Å². The van der Waals surface area contributed by atoms with Gasteiger partial charge in [-0.2, -0.15) is 0 Å². The smallest absolute Gasteiger partial charge is 0.00743 e. The summed E-state index contributed by atoms with van der Waals surface area (Å²) in [6, 6.07) is 0. The number of fused-ring (bicyclic) bond motifs is 2. The lowest BCUT2D eigenvalue weighted by atomic mass is 9.74. The van der Waals surface area contributed by atoms with E-state index in [1.54, 1.807) is 0 Å². The van der Waals surface area contributed by atoms with Crippen molar-refractivity contribution >= 4 is 0 Å². The van der Waals surface area contributed by atoms with Gasteiger partial charge < -0.3 is 5.73 Å². The average Bonchev–Trinajstić information content (AvgIpc) is 1.90. The third-order valence-corrected chi connectivity index (χ3v) is 2.67. The summed E-state index contributed by atoms with van der Waals surface area (Å²) in [5.41, 5.74) is 6.96. The fraction of sp³-hybridized carbons (Fsp3) is 0.750. The van der Waals surface area contributed by atoms with Gasteiger partial charge in [0.2, 0.25) is 0 Å². The first-order valence-electron chi connectivity index (χ1n) is 3.83. The molecule has 3 rings (SSSR count). The molecule has 0 saturated heterocycles. The molecule has 1 heteroatoms. The number of rotatable bonds is 0. The molecular weight excluding hydrogens is 110 g/mol. The molecule has 0 aromatic rings. The Hall–Kier alpha value is -0.460. The Morgan fingerprint density at radius 1 is 1.22 bits per heavy atom. The molecular formula is C8H13N. The zero-order valence-corrected chi connectivity index (χ0v) is 5.64. The minimum absolute atomic E-state index is 0.759. The van der Waals surface area contributed by atoms with Crippen molar-refractivity contribution in [2.24, 2.45) is 17.6 Å². The first-order valence-corrected chi connectivity index (χ1v) is 3.83. The fourth-order valence-electron chi connectivity index (χ4n) is 2.03. The molecule has 9 heavy (non-hydrogen) atoms. The highest BCUT2D eigenvalue weighted by Gasteiger charge is 2.26. The number of hydrogen-bond acceptors (Lipinski definition) is 1. The Labute approximate surface area is 55.9 Å². The van der Waals surface area contributed by atoms with Crippen molar-refractivity contribution in [1.29, 1.82) is 0 Å². The standard InChI is InChI=1S/C8H13N/c9-8-5-6-1-3-7(8)4-2-6/h5-7H,1-4,9H2. The molecule has 1 saturated carbocycles. The zero-order chi connectivity index (χ0) is 6.27. The van der Waals surface area contributed by atoms with Gasteiger partial charge in [0, 0.05) is 5.70 Å². The molecule has 50 valence electrons. The summed E-state index contributed by atoms with van der Waals surface area (Å²) in [5, 5.41) is 0. The summed E-state index contributed by atoms with van der Waals surface area (Å²) in [4.78, 5) is 0. The second kappa shape index (κ2) is 1.76. The van der Waals surface area contributed by atoms with Crippen LogP contribution in [0.4, 0.5) is 0 Å². The van der Waals surface area contributed by atoms with Gasteiger partial charge in [-0.25, -0.2) is 0 Å². The highest BCUT2D eigenvalue weighted by atomic mass is 14.6. The van der Waals surface area contributed by atoms with Crippen molar-refractivity contribution in [3.05, 3.63) is 11.8 Å². The van der Waals surface area contributed by atoms with Crippen LogP contribution in [0.25, 0.3) is 0 Å². The van der Waals surface area contributed by atoms with Gasteiger partial charge in [0.25, 0.3) is 0 Å². The van der Waals surface area contributed by atoms with Crippen molar-refractivity contribution < 1.29 is 0 Å². The molecule has 0 unspecified atom stereocenters. The van der Waals surface area contributed by atoms with E-state index in [0.29, 0.717) is 0 Å². The normalized spacial score (nSPS) is 40.7. The van der Waals surface area contributed by atoms with E-state index in [4.69, 9.17) is 5.73 Å². The van der Waals surface area contributed by atoms with Crippen molar-refractivity contribution in [2.75, 3.05) is 0 Å². The van der Waals surface area contributed by atoms with Gasteiger partial charge >= 0.3 is 0 Å². The van der Waals surface area contributed by atoms with Gasteiger partial charge in [0.15, 0.2) is 0 Å². The lowest BCUT2D eigenvalue weighted by Crippen LogP contribution is -2.25. The van der Waals surface area contributed by atoms with Crippen molar-refractivity contribution in [3.63, 3.8) is 0 Å². The molecule has 1 fully saturated rings. The minimum Gasteiger partial charge on any atom is -0.402 e. The summed E-state index contributed by atoms with van der Waals surface area (Å²) >= 11 is 0. The Morgan fingerprint density at radius 2 is 1.89 bits per heavy atom. The van der Waals surface area contributed by atoms with Crippen LogP contribution in [-0.2, 0) is 0 Å². The first-order chi connectivity index (χ1) is 4.36. The zero-order valence-electron chi connectivity index (χ0n) is 5.64. The lowest BCUT2D eigenvalue weighted by molar-refractivity contribution is 0.310. The molecule has 0 aromatic heterocycles. The monoisotopic (exact) mass is 123 g/mol.